The van der Waals surface area contributed by atoms with Crippen LogP contribution in [0.15, 0.2) is 41.0 Å². The number of aryl methyl sites for hydroxylation is 1. The highest BCUT2D eigenvalue weighted by atomic mass is 32.2. The average molecular weight is 458 g/mol. The molecule has 6 N–H and O–H groups in total. The molecule has 1 aromatic carbocycles. The molecule has 12 heteroatoms. The molecule has 1 aliphatic heterocycles. The van der Waals surface area contributed by atoms with Crippen molar-refractivity contribution in [1.82, 2.24) is 10.0 Å². The van der Waals surface area contributed by atoms with Crippen LogP contribution < -0.4 is 10.0 Å². The Hall–Kier alpha value is -2.51. The van der Waals surface area contributed by atoms with Gasteiger partial charge in [-0.2, -0.15) is 0 Å². The highest BCUT2D eigenvalue weighted by Gasteiger charge is 2.44. The van der Waals surface area contributed by atoms with E-state index < -0.39 is 64.7 Å². The van der Waals surface area contributed by atoms with Gasteiger partial charge in [-0.25, -0.2) is 17.9 Å². The van der Waals surface area contributed by atoms with E-state index in [-0.39, 0.29) is 4.90 Å². The maximum atomic E-state index is 12.9. The quantitative estimate of drug-likeness (QED) is 0.256. The molecule has 0 aliphatic carbocycles. The van der Waals surface area contributed by atoms with E-state index in [1.165, 1.54) is 12.1 Å². The summed E-state index contributed by atoms with van der Waals surface area (Å²) in [7, 11) is -4.17. The molecule has 1 aromatic rings. The monoisotopic (exact) mass is 458 g/mol. The lowest BCUT2D eigenvalue weighted by molar-refractivity contribution is -0.146. The Balaban J connectivity index is 2.46. The molecule has 1 heterocycles. The minimum Gasteiger partial charge on any atom is -0.478 e. The van der Waals surface area contributed by atoms with Crippen LogP contribution in [0.2, 0.25) is 0 Å². The smallest absolute Gasteiger partial charge is 0.370 e. The number of sulfonamides is 1. The van der Waals surface area contributed by atoms with Gasteiger partial charge < -0.3 is 30.5 Å². The van der Waals surface area contributed by atoms with Gasteiger partial charge in [0.05, 0.1) is 23.6 Å². The van der Waals surface area contributed by atoms with Crippen LogP contribution in [0.1, 0.15) is 19.4 Å². The van der Waals surface area contributed by atoms with Crippen LogP contribution in [0.4, 0.5) is 0 Å². The fourth-order valence-electron chi connectivity index (χ4n) is 3.13. The Morgan fingerprint density at radius 1 is 1.19 bits per heavy atom. The van der Waals surface area contributed by atoms with E-state index in [1.54, 1.807) is 12.1 Å². The van der Waals surface area contributed by atoms with Crippen molar-refractivity contribution < 1.29 is 43.2 Å². The Labute approximate surface area is 179 Å². The zero-order valence-corrected chi connectivity index (χ0v) is 17.7. The van der Waals surface area contributed by atoms with Crippen molar-refractivity contribution in [2.75, 3.05) is 6.61 Å². The fourth-order valence-corrected chi connectivity index (χ4v) is 4.33. The zero-order chi connectivity index (χ0) is 23.3. The first kappa shape index (κ1) is 24.8. The number of benzene rings is 1. The van der Waals surface area contributed by atoms with E-state index in [0.717, 1.165) is 18.6 Å². The number of carboxylic acids is 1. The number of aliphatic hydroxyl groups excluding tert-OH is 3. The predicted octanol–water partition coefficient (Wildman–Crippen LogP) is -1.52. The minimum absolute atomic E-state index is 0.0875. The van der Waals surface area contributed by atoms with E-state index in [0.29, 0.717) is 6.42 Å². The van der Waals surface area contributed by atoms with Gasteiger partial charge >= 0.3 is 5.97 Å². The van der Waals surface area contributed by atoms with Gasteiger partial charge in [0.2, 0.25) is 21.7 Å². The molecular formula is C19H26N2O9S. The van der Waals surface area contributed by atoms with Crippen LogP contribution in [-0.2, 0) is 30.8 Å². The SMILES string of the molecule is CCc1ccc(S(=O)(=O)N[C@H]2C=C(C(=O)O)O[C@@H]([C@H](O)[C@H](O)CO)[C@@H]2NC(C)=O)cc1. The second kappa shape index (κ2) is 10.2. The molecule has 0 spiro atoms. The molecular weight excluding hydrogens is 432 g/mol. The van der Waals surface area contributed by atoms with Crippen molar-refractivity contribution >= 4 is 21.9 Å². The normalized spacial score (nSPS) is 23.3. The number of hydrogen-bond donors (Lipinski definition) is 6. The van der Waals surface area contributed by atoms with Crippen molar-refractivity contribution in [3.63, 3.8) is 0 Å². The van der Waals surface area contributed by atoms with Crippen molar-refractivity contribution in [2.45, 2.75) is 55.6 Å². The maximum Gasteiger partial charge on any atom is 0.370 e. The van der Waals surface area contributed by atoms with Gasteiger partial charge in [0.1, 0.15) is 18.3 Å². The molecule has 11 nitrogen and oxygen atoms in total. The van der Waals surface area contributed by atoms with Gasteiger partial charge in [-0.3, -0.25) is 4.79 Å². The van der Waals surface area contributed by atoms with Crippen LogP contribution in [0.25, 0.3) is 0 Å². The summed E-state index contributed by atoms with van der Waals surface area (Å²) < 4.78 is 33.3. The summed E-state index contributed by atoms with van der Waals surface area (Å²) in [6, 6.07) is 3.40. The number of carboxylic acid groups (broad SMARTS) is 1. The number of aliphatic carboxylic acids is 1. The van der Waals surface area contributed by atoms with E-state index in [1.807, 2.05) is 6.92 Å². The van der Waals surface area contributed by atoms with E-state index in [9.17, 15) is 33.3 Å². The van der Waals surface area contributed by atoms with Gasteiger partial charge in [0.25, 0.3) is 0 Å². The molecule has 1 amide bonds. The topological polar surface area (TPSA) is 182 Å². The third-order valence-corrected chi connectivity index (χ3v) is 6.24. The zero-order valence-electron chi connectivity index (χ0n) is 16.9. The number of hydrogen-bond acceptors (Lipinski definition) is 8. The number of nitrogens with one attached hydrogen (secondary N) is 2. The highest BCUT2D eigenvalue weighted by molar-refractivity contribution is 7.89. The summed E-state index contributed by atoms with van der Waals surface area (Å²) in [4.78, 5) is 23.1. The first-order chi connectivity index (χ1) is 14.5. The van der Waals surface area contributed by atoms with E-state index >= 15 is 0 Å². The van der Waals surface area contributed by atoms with Gasteiger partial charge in [-0.05, 0) is 30.2 Å². The summed E-state index contributed by atoms with van der Waals surface area (Å²) in [6.07, 6.45) is -3.48. The molecule has 0 unspecified atom stereocenters. The Bertz CT molecular complexity index is 930. The van der Waals surface area contributed by atoms with Crippen molar-refractivity contribution in [3.8, 4) is 0 Å². The average Bonchev–Trinajstić information content (AvgIpc) is 2.73. The number of carbonyl (C=O) groups excluding carboxylic acids is 1. The second-order valence-electron chi connectivity index (χ2n) is 7.03. The molecule has 0 saturated carbocycles. The number of aliphatic hydroxyl groups is 3. The summed E-state index contributed by atoms with van der Waals surface area (Å²) in [5.74, 6) is -2.86. The Morgan fingerprint density at radius 2 is 1.81 bits per heavy atom. The van der Waals surface area contributed by atoms with Gasteiger partial charge in [-0.1, -0.05) is 19.1 Å². The summed E-state index contributed by atoms with van der Waals surface area (Å²) in [5, 5.41) is 41.0. The van der Waals surface area contributed by atoms with Crippen molar-refractivity contribution in [2.24, 2.45) is 0 Å². The first-order valence-corrected chi connectivity index (χ1v) is 11.0. The summed E-state index contributed by atoms with van der Waals surface area (Å²) in [6.45, 7) is 2.17. The highest BCUT2D eigenvalue weighted by Crippen LogP contribution is 2.24. The fraction of sp³-hybridized carbons (Fsp3) is 0.474. The largest absolute Gasteiger partial charge is 0.478 e. The standard InChI is InChI=1S/C19H26N2O9S/c1-3-11-4-6-12(7-5-11)31(28,29)21-13-8-15(19(26)27)30-18(16(13)20-10(2)23)17(25)14(24)9-22/h4-8,13-14,16-18,21-22,24-25H,3,9H2,1-2H3,(H,20,23)(H,26,27)/t13-,14+,16+,17+,18+/m0/s1. The third kappa shape index (κ3) is 6.02. The molecule has 0 radical (unpaired) electrons. The van der Waals surface area contributed by atoms with Crippen LogP contribution in [0.5, 0.6) is 0 Å². The molecule has 2 rings (SSSR count). The van der Waals surface area contributed by atoms with Gasteiger partial charge in [0.15, 0.2) is 0 Å². The van der Waals surface area contributed by atoms with Crippen LogP contribution >= 0.6 is 0 Å². The van der Waals surface area contributed by atoms with E-state index in [2.05, 4.69) is 10.0 Å². The Morgan fingerprint density at radius 3 is 2.29 bits per heavy atom. The minimum atomic E-state index is -4.17. The number of amides is 1. The Kier molecular flexibility index (Phi) is 8.14. The molecule has 0 bridgehead atoms. The molecule has 0 saturated heterocycles. The lowest BCUT2D eigenvalue weighted by Gasteiger charge is -2.39. The van der Waals surface area contributed by atoms with Crippen LogP contribution in [0, 0.1) is 0 Å². The van der Waals surface area contributed by atoms with Gasteiger partial charge in [-0.15, -0.1) is 0 Å². The molecule has 0 aromatic heterocycles. The van der Waals surface area contributed by atoms with Gasteiger partial charge in [0, 0.05) is 6.92 Å². The molecule has 0 fully saturated rings. The van der Waals surface area contributed by atoms with Crippen LogP contribution in [-0.4, -0.2) is 77.7 Å². The maximum absolute atomic E-state index is 12.9. The van der Waals surface area contributed by atoms with Crippen molar-refractivity contribution in [1.29, 1.82) is 0 Å². The summed E-state index contributed by atoms with van der Waals surface area (Å²) in [5.41, 5.74) is 0.912. The second-order valence-corrected chi connectivity index (χ2v) is 8.74. The number of rotatable bonds is 9. The number of carbonyl (C=O) groups is 2. The molecule has 5 atom stereocenters. The lowest BCUT2D eigenvalue weighted by atomic mass is 9.92. The molecule has 1 aliphatic rings. The number of ether oxygens (including phenoxy) is 1. The first-order valence-electron chi connectivity index (χ1n) is 9.47. The van der Waals surface area contributed by atoms with E-state index in [4.69, 9.17) is 9.84 Å². The van der Waals surface area contributed by atoms with Crippen LogP contribution in [0.3, 0.4) is 0 Å². The summed E-state index contributed by atoms with van der Waals surface area (Å²) >= 11 is 0. The third-order valence-electron chi connectivity index (χ3n) is 4.77. The van der Waals surface area contributed by atoms with Crippen molar-refractivity contribution in [3.05, 3.63) is 41.7 Å². The predicted molar refractivity (Wildman–Crippen MR) is 107 cm³/mol. The molecule has 31 heavy (non-hydrogen) atoms. The molecule has 172 valence electrons. The lowest BCUT2D eigenvalue weighted by Crippen LogP contribution is -2.63.